The molecule has 1 saturated heterocycles. The monoisotopic (exact) mass is 438 g/mol. The zero-order valence-corrected chi connectivity index (χ0v) is 18.1. The molecule has 0 bridgehead atoms. The first kappa shape index (κ1) is 20.8. The minimum absolute atomic E-state index is 0.106. The van der Waals surface area contributed by atoms with E-state index < -0.39 is 0 Å². The molecular weight excluding hydrogens is 416 g/mol. The molecule has 4 rings (SSSR count). The van der Waals surface area contributed by atoms with Gasteiger partial charge in [0.05, 0.1) is 13.2 Å². The number of amides is 1. The highest BCUT2D eigenvalue weighted by atomic mass is 35.5. The molecule has 1 fully saturated rings. The molecule has 4 nitrogen and oxygen atoms in total. The number of hydrogen-bond acceptors (Lipinski definition) is 4. The van der Waals surface area contributed by atoms with Crippen LogP contribution in [0.2, 0.25) is 5.02 Å². The van der Waals surface area contributed by atoms with Crippen LogP contribution in [0.4, 0.5) is 11.4 Å². The largest absolute Gasteiger partial charge is 0.378 e. The molecule has 1 amide bonds. The van der Waals surface area contributed by atoms with Crippen LogP contribution < -0.4 is 10.2 Å². The normalized spacial score (nSPS) is 13.8. The van der Waals surface area contributed by atoms with Gasteiger partial charge >= 0.3 is 0 Å². The van der Waals surface area contributed by atoms with Crippen LogP contribution in [-0.4, -0.2) is 32.2 Å². The van der Waals surface area contributed by atoms with Crippen molar-refractivity contribution < 1.29 is 9.53 Å². The number of thioether (sulfide) groups is 1. The van der Waals surface area contributed by atoms with Crippen molar-refractivity contribution in [1.82, 2.24) is 0 Å². The van der Waals surface area contributed by atoms with Crippen molar-refractivity contribution in [2.24, 2.45) is 0 Å². The predicted molar refractivity (Wildman–Crippen MR) is 125 cm³/mol. The van der Waals surface area contributed by atoms with Gasteiger partial charge in [-0.1, -0.05) is 23.7 Å². The van der Waals surface area contributed by atoms with Gasteiger partial charge in [-0.25, -0.2) is 0 Å². The molecule has 6 heteroatoms. The lowest BCUT2D eigenvalue weighted by Crippen LogP contribution is -2.36. The second-order valence-corrected chi connectivity index (χ2v) is 8.53. The number of morpholine rings is 1. The third-order valence-electron chi connectivity index (χ3n) is 4.94. The first-order valence-electron chi connectivity index (χ1n) is 9.89. The number of nitrogens with zero attached hydrogens (tertiary/aromatic N) is 1. The summed E-state index contributed by atoms with van der Waals surface area (Å²) in [5.41, 5.74) is 3.76. The molecule has 0 saturated carbocycles. The van der Waals surface area contributed by atoms with Gasteiger partial charge in [0.2, 0.25) is 0 Å². The SMILES string of the molecule is O=C(Nc1ccc(N2CCOCC2)cc1)c1ccc(CSc2ccc(Cl)cc2)cc1. The van der Waals surface area contributed by atoms with Gasteiger partial charge in [0.1, 0.15) is 0 Å². The molecule has 0 aromatic heterocycles. The van der Waals surface area contributed by atoms with Crippen molar-refractivity contribution >= 4 is 40.6 Å². The second kappa shape index (κ2) is 10.0. The Morgan fingerprint density at radius 2 is 1.60 bits per heavy atom. The zero-order valence-electron chi connectivity index (χ0n) is 16.5. The van der Waals surface area contributed by atoms with Crippen LogP contribution in [-0.2, 0) is 10.5 Å². The number of ether oxygens (including phenoxy) is 1. The number of rotatable bonds is 6. The molecule has 1 N–H and O–H groups in total. The minimum atomic E-state index is -0.106. The highest BCUT2D eigenvalue weighted by molar-refractivity contribution is 7.98. The van der Waals surface area contributed by atoms with Gasteiger partial charge in [0, 0.05) is 45.7 Å². The summed E-state index contributed by atoms with van der Waals surface area (Å²) in [7, 11) is 0. The maximum Gasteiger partial charge on any atom is 0.255 e. The first-order valence-corrected chi connectivity index (χ1v) is 11.3. The summed E-state index contributed by atoms with van der Waals surface area (Å²) in [4.78, 5) is 16.0. The van der Waals surface area contributed by atoms with Crippen LogP contribution in [0, 0.1) is 0 Å². The highest BCUT2D eigenvalue weighted by Crippen LogP contribution is 2.25. The van der Waals surface area contributed by atoms with Crippen molar-refractivity contribution in [3.8, 4) is 0 Å². The van der Waals surface area contributed by atoms with Gasteiger partial charge in [-0.3, -0.25) is 4.79 Å². The van der Waals surface area contributed by atoms with E-state index in [1.165, 1.54) is 10.5 Å². The van der Waals surface area contributed by atoms with Crippen LogP contribution in [0.5, 0.6) is 0 Å². The van der Waals surface area contributed by atoms with Crippen LogP contribution >= 0.6 is 23.4 Å². The van der Waals surface area contributed by atoms with Crippen molar-refractivity contribution in [2.45, 2.75) is 10.6 Å². The number of carbonyl (C=O) groups excluding carboxylic acids is 1. The molecule has 30 heavy (non-hydrogen) atoms. The third kappa shape index (κ3) is 5.57. The average Bonchev–Trinajstić information content (AvgIpc) is 2.80. The number of benzene rings is 3. The van der Waals surface area contributed by atoms with Crippen molar-refractivity contribution in [1.29, 1.82) is 0 Å². The molecule has 0 unspecified atom stereocenters. The maximum absolute atomic E-state index is 12.6. The fraction of sp³-hybridized carbons (Fsp3) is 0.208. The summed E-state index contributed by atoms with van der Waals surface area (Å²) in [5, 5.41) is 3.71. The number of halogens is 1. The summed E-state index contributed by atoms with van der Waals surface area (Å²) < 4.78 is 5.39. The second-order valence-electron chi connectivity index (χ2n) is 7.04. The summed E-state index contributed by atoms with van der Waals surface area (Å²) in [6.45, 7) is 3.31. The Labute approximate surface area is 186 Å². The van der Waals surface area contributed by atoms with E-state index in [-0.39, 0.29) is 5.91 Å². The van der Waals surface area contributed by atoms with E-state index in [9.17, 15) is 4.79 Å². The Balaban J connectivity index is 1.31. The molecular formula is C24H23ClN2O2S. The quantitative estimate of drug-likeness (QED) is 0.499. The highest BCUT2D eigenvalue weighted by Gasteiger charge is 2.11. The van der Waals surface area contributed by atoms with Gasteiger partial charge in [0.15, 0.2) is 0 Å². The molecule has 154 valence electrons. The molecule has 1 aliphatic heterocycles. The van der Waals surface area contributed by atoms with E-state index in [1.54, 1.807) is 11.8 Å². The van der Waals surface area contributed by atoms with Crippen molar-refractivity contribution in [3.05, 3.63) is 88.9 Å². The fourth-order valence-electron chi connectivity index (χ4n) is 3.23. The Morgan fingerprint density at radius 3 is 2.27 bits per heavy atom. The molecule has 0 spiro atoms. The van der Waals surface area contributed by atoms with E-state index in [0.717, 1.165) is 48.5 Å². The molecule has 0 aliphatic carbocycles. The molecule has 1 heterocycles. The predicted octanol–water partition coefficient (Wildman–Crippen LogP) is 5.72. The molecule has 1 aliphatic rings. The number of nitrogens with one attached hydrogen (secondary N) is 1. The van der Waals surface area contributed by atoms with E-state index >= 15 is 0 Å². The summed E-state index contributed by atoms with van der Waals surface area (Å²) >= 11 is 7.66. The number of hydrogen-bond donors (Lipinski definition) is 1. The number of anilines is 2. The first-order chi connectivity index (χ1) is 14.7. The lowest BCUT2D eigenvalue weighted by molar-refractivity contribution is 0.102. The molecule has 3 aromatic rings. The van der Waals surface area contributed by atoms with Gasteiger partial charge in [-0.2, -0.15) is 0 Å². The minimum Gasteiger partial charge on any atom is -0.378 e. The zero-order chi connectivity index (χ0) is 20.8. The average molecular weight is 439 g/mol. The lowest BCUT2D eigenvalue weighted by Gasteiger charge is -2.28. The molecule has 0 radical (unpaired) electrons. The maximum atomic E-state index is 12.6. The third-order valence-corrected chi connectivity index (χ3v) is 6.27. The van der Waals surface area contributed by atoms with Gasteiger partial charge < -0.3 is 15.0 Å². The Morgan fingerprint density at radius 1 is 0.933 bits per heavy atom. The van der Waals surface area contributed by atoms with Gasteiger partial charge in [-0.05, 0) is 66.2 Å². The fourth-order valence-corrected chi connectivity index (χ4v) is 4.21. The van der Waals surface area contributed by atoms with Crippen molar-refractivity contribution in [3.63, 3.8) is 0 Å². The Hall–Kier alpha value is -2.47. The van der Waals surface area contributed by atoms with Crippen LogP contribution in [0.1, 0.15) is 15.9 Å². The van der Waals surface area contributed by atoms with E-state index in [2.05, 4.69) is 10.2 Å². The molecule has 0 atom stereocenters. The number of carbonyl (C=O) groups is 1. The van der Waals surface area contributed by atoms with E-state index in [0.29, 0.717) is 5.56 Å². The van der Waals surface area contributed by atoms with Gasteiger partial charge in [-0.15, -0.1) is 11.8 Å². The van der Waals surface area contributed by atoms with Crippen LogP contribution in [0.3, 0.4) is 0 Å². The lowest BCUT2D eigenvalue weighted by atomic mass is 10.1. The summed E-state index contributed by atoms with van der Waals surface area (Å²) in [6, 6.07) is 23.5. The van der Waals surface area contributed by atoms with Gasteiger partial charge in [0.25, 0.3) is 5.91 Å². The van der Waals surface area contributed by atoms with Crippen LogP contribution in [0.15, 0.2) is 77.7 Å². The Bertz CT molecular complexity index is 970. The van der Waals surface area contributed by atoms with Crippen molar-refractivity contribution in [2.75, 3.05) is 36.5 Å². The standard InChI is InChI=1S/C24H23ClN2O2S/c25-20-5-11-23(12-6-20)30-17-18-1-3-19(4-2-18)24(28)26-21-7-9-22(10-8-21)27-13-15-29-16-14-27/h1-12H,13-17H2,(H,26,28). The topological polar surface area (TPSA) is 41.6 Å². The molecule has 3 aromatic carbocycles. The van der Waals surface area contributed by atoms with Crippen LogP contribution in [0.25, 0.3) is 0 Å². The van der Waals surface area contributed by atoms with E-state index in [1.807, 2.05) is 72.8 Å². The smallest absolute Gasteiger partial charge is 0.255 e. The summed E-state index contributed by atoms with van der Waals surface area (Å²) in [5.74, 6) is 0.734. The van der Waals surface area contributed by atoms with E-state index in [4.69, 9.17) is 16.3 Å². The summed E-state index contributed by atoms with van der Waals surface area (Å²) in [6.07, 6.45) is 0. The Kier molecular flexibility index (Phi) is 6.95.